The van der Waals surface area contributed by atoms with E-state index in [9.17, 15) is 19.8 Å². The summed E-state index contributed by atoms with van der Waals surface area (Å²) in [6, 6.07) is 0. The second-order valence-corrected chi connectivity index (χ2v) is 1.95. The minimum Gasteiger partial charge on any atom is -1.00 e. The average Bonchev–Trinajstić information content (AvgIpc) is 1.79. The molecule has 0 aromatic heterocycles. The zero-order valence-corrected chi connectivity index (χ0v) is 9.08. The van der Waals surface area contributed by atoms with E-state index in [1.54, 1.807) is 0 Å². The van der Waals surface area contributed by atoms with Crippen LogP contribution in [0.1, 0.15) is 25.7 Å². The molecule has 0 N–H and O–H groups in total. The van der Waals surface area contributed by atoms with Gasteiger partial charge in [0.2, 0.25) is 0 Å². The maximum absolute atomic E-state index is 9.77. The van der Waals surface area contributed by atoms with Crippen molar-refractivity contribution in [2.24, 2.45) is 0 Å². The maximum Gasteiger partial charge on any atom is 2.00 e. The van der Waals surface area contributed by atoms with Crippen LogP contribution in [0.4, 0.5) is 0 Å². The van der Waals surface area contributed by atoms with E-state index in [1.807, 2.05) is 0 Å². The number of rotatable bonds is 5. The Morgan fingerprint density at radius 3 is 1.31 bits per heavy atom. The zero-order valence-electron chi connectivity index (χ0n) is 6.44. The summed E-state index contributed by atoms with van der Waals surface area (Å²) in [6.45, 7) is 0. The molecular weight excluding hydrogens is 299 g/mol. The van der Waals surface area contributed by atoms with Crippen molar-refractivity contribution in [1.29, 1.82) is 0 Å². The topological polar surface area (TPSA) is 80.3 Å². The first kappa shape index (κ1) is 23.2. The Kier molecular flexibility index (Phi) is 26.4. The third kappa shape index (κ3) is 24.5. The van der Waals surface area contributed by atoms with E-state index in [-0.39, 0.29) is 59.4 Å². The largest absolute Gasteiger partial charge is 2.00 e. The van der Waals surface area contributed by atoms with E-state index in [1.165, 1.54) is 0 Å². The van der Waals surface area contributed by atoms with Gasteiger partial charge in [-0.25, -0.2) is 0 Å². The van der Waals surface area contributed by atoms with E-state index in [4.69, 9.17) is 0 Å². The van der Waals surface area contributed by atoms with Gasteiger partial charge in [-0.15, -0.1) is 0 Å². The van der Waals surface area contributed by atoms with Crippen molar-refractivity contribution >= 4 is 11.9 Å². The van der Waals surface area contributed by atoms with Crippen LogP contribution in [-0.2, 0) is 43.7 Å². The monoisotopic (exact) mass is 305 g/mol. The maximum atomic E-state index is 9.77. The second kappa shape index (κ2) is 14.8. The average molecular weight is 307 g/mol. The number of unbranched alkanes of at least 4 members (excludes halogenated alkanes) is 1. The Bertz CT molecular complexity index is 127. The molecule has 1 radical (unpaired) electrons. The molecule has 0 saturated heterocycles. The van der Waals surface area contributed by atoms with Crippen LogP contribution in [-0.4, -0.2) is 11.9 Å². The second-order valence-electron chi connectivity index (χ2n) is 1.95. The summed E-state index contributed by atoms with van der Waals surface area (Å²) in [4.78, 5) is 19.5. The number of carbonyl (C=O) groups excluding carboxylic acids is 2. The number of hydrogen-bond donors (Lipinski definition) is 0. The third-order valence-electron chi connectivity index (χ3n) is 1.01. The molecule has 4 nitrogen and oxygen atoms in total. The third-order valence-corrected chi connectivity index (χ3v) is 1.01. The molecule has 0 saturated carbocycles. The molecule has 7 heteroatoms. The quantitative estimate of drug-likeness (QED) is 0.376. The van der Waals surface area contributed by atoms with Crippen LogP contribution >= 0.6 is 0 Å². The van der Waals surface area contributed by atoms with Gasteiger partial charge in [0, 0.05) is 11.9 Å². The molecule has 0 aromatic carbocycles. The summed E-state index contributed by atoms with van der Waals surface area (Å²) in [7, 11) is 0. The van der Waals surface area contributed by atoms with E-state index in [0.717, 1.165) is 0 Å². The predicted octanol–water partition coefficient (Wildman–Crippen LogP) is -4.95. The molecule has 0 unspecified atom stereocenters. The van der Waals surface area contributed by atoms with Gasteiger partial charge in [0.1, 0.15) is 0 Å². The van der Waals surface area contributed by atoms with Gasteiger partial charge in [-0.05, 0) is 25.7 Å². The van der Waals surface area contributed by atoms with Gasteiger partial charge in [0.25, 0.3) is 0 Å². The van der Waals surface area contributed by atoms with Crippen molar-refractivity contribution in [3.05, 3.63) is 0 Å². The van der Waals surface area contributed by atoms with Crippen LogP contribution < -0.4 is 22.6 Å². The van der Waals surface area contributed by atoms with Crippen LogP contribution in [0.2, 0.25) is 0 Å². The van der Waals surface area contributed by atoms with Crippen LogP contribution in [0, 0.1) is 0 Å². The fourth-order valence-electron chi connectivity index (χ4n) is 0.539. The molecule has 0 spiro atoms. The van der Waals surface area contributed by atoms with Crippen LogP contribution in [0.15, 0.2) is 0 Å². The predicted molar refractivity (Wildman–Crippen MR) is 28.5 cm³/mol. The molecule has 85 valence electrons. The molecule has 0 amide bonds. The Balaban J connectivity index is -0.000000135. The van der Waals surface area contributed by atoms with Crippen molar-refractivity contribution in [3.63, 3.8) is 0 Å². The van der Waals surface area contributed by atoms with Gasteiger partial charge in [0.15, 0.2) is 0 Å². The van der Waals surface area contributed by atoms with E-state index < -0.39 is 11.9 Å². The van der Waals surface area contributed by atoms with Gasteiger partial charge in [0.05, 0.1) is 0 Å². The van der Waals surface area contributed by atoms with Crippen LogP contribution in [0.5, 0.6) is 0 Å². The Morgan fingerprint density at radius 2 is 1.15 bits per heavy atom. The Labute approximate surface area is 104 Å². The summed E-state index contributed by atoms with van der Waals surface area (Å²) in [5, 5.41) is 19.5. The summed E-state index contributed by atoms with van der Waals surface area (Å²) in [6.07, 6.45) is 0.535. The normalized spacial score (nSPS) is 7.08. The van der Waals surface area contributed by atoms with Crippen molar-refractivity contribution in [1.82, 2.24) is 0 Å². The first-order valence-electron chi connectivity index (χ1n) is 3.02. The Morgan fingerprint density at radius 1 is 0.923 bits per heavy atom. The number of carboxylic acid groups (broad SMARTS) is 2. The summed E-state index contributed by atoms with van der Waals surface area (Å²) in [5.41, 5.74) is 0. The number of aliphatic carboxylic acids is 2. The van der Waals surface area contributed by atoms with E-state index in [2.05, 4.69) is 0 Å². The van der Waals surface area contributed by atoms with Crippen molar-refractivity contribution < 1.29 is 66.3 Å². The fourth-order valence-corrected chi connectivity index (χ4v) is 0.539. The van der Waals surface area contributed by atoms with Crippen molar-refractivity contribution in [3.8, 4) is 0 Å². The molecule has 0 rings (SSSR count). The molecule has 0 aliphatic rings. The van der Waals surface area contributed by atoms with Crippen LogP contribution in [0.3, 0.4) is 0 Å². The molecule has 0 atom stereocenters. The van der Waals surface area contributed by atoms with Gasteiger partial charge < -0.3 is 32.2 Å². The van der Waals surface area contributed by atoms with Gasteiger partial charge in [-0.1, -0.05) is 0 Å². The van der Waals surface area contributed by atoms with Gasteiger partial charge in [-0.2, -0.15) is 0 Å². The number of halogens is 1. The molecule has 0 aromatic rings. The molecule has 0 aliphatic carbocycles. The van der Waals surface area contributed by atoms with Crippen molar-refractivity contribution in [2.75, 3.05) is 0 Å². The summed E-state index contributed by atoms with van der Waals surface area (Å²) >= 11 is 0. The van der Waals surface area contributed by atoms with Crippen molar-refractivity contribution in [2.45, 2.75) is 25.7 Å². The number of carbonyl (C=O) groups is 2. The Hall–Kier alpha value is 0.269. The van der Waals surface area contributed by atoms with E-state index >= 15 is 0 Å². The van der Waals surface area contributed by atoms with Gasteiger partial charge in [-0.3, -0.25) is 0 Å². The molecule has 0 bridgehead atoms. The zero-order chi connectivity index (χ0) is 7.98. The molecule has 0 aliphatic heterocycles. The molecule has 0 heterocycles. The molecular formula is C6H8ClCu2O4. The minimum atomic E-state index is -1.14. The standard InChI is InChI=1S/C6H10O4.ClH.2Cu/c7-5(8)3-1-2-4-6(9)10;;;/h1-4H2,(H,7,8)(H,9,10);1H;;/q;;+1;+2/p-3. The van der Waals surface area contributed by atoms with Gasteiger partial charge >= 0.3 is 34.1 Å². The number of hydrogen-bond acceptors (Lipinski definition) is 4. The van der Waals surface area contributed by atoms with Crippen LogP contribution in [0.25, 0.3) is 0 Å². The minimum absolute atomic E-state index is 0. The molecule has 0 fully saturated rings. The molecule has 13 heavy (non-hydrogen) atoms. The summed E-state index contributed by atoms with van der Waals surface area (Å²) in [5.74, 6) is -2.28. The SMILES string of the molecule is O=C([O-])CCCCC(=O)[O-].[Cl-].[Cu+2].[Cu+]. The fraction of sp³-hybridized carbons (Fsp3) is 0.667. The first-order valence-corrected chi connectivity index (χ1v) is 3.02. The number of carboxylic acids is 2. The summed E-state index contributed by atoms with van der Waals surface area (Å²) < 4.78 is 0. The smallest absolute Gasteiger partial charge is 1.00 e. The first-order chi connectivity index (χ1) is 4.63. The van der Waals surface area contributed by atoms with E-state index in [0.29, 0.717) is 12.8 Å².